The Labute approximate surface area is 167 Å². The minimum absolute atomic E-state index is 0.273. The molecule has 2 aliphatic rings. The van der Waals surface area contributed by atoms with Crippen LogP contribution in [0.2, 0.25) is 0 Å². The molecule has 2 heterocycles. The highest BCUT2D eigenvalue weighted by atomic mass is 32.2. The zero-order valence-electron chi connectivity index (χ0n) is 16.9. The first kappa shape index (κ1) is 22.0. The van der Waals surface area contributed by atoms with Gasteiger partial charge in [0.1, 0.15) is 0 Å². The van der Waals surface area contributed by atoms with E-state index in [2.05, 4.69) is 17.2 Å². The van der Waals surface area contributed by atoms with Gasteiger partial charge in [-0.15, -0.1) is 0 Å². The molecule has 1 saturated heterocycles. The number of thioether (sulfide) groups is 1. The Morgan fingerprint density at radius 3 is 2.44 bits per heavy atom. The van der Waals surface area contributed by atoms with Crippen LogP contribution in [0.3, 0.4) is 0 Å². The van der Waals surface area contributed by atoms with Crippen LogP contribution < -0.4 is 5.32 Å². The van der Waals surface area contributed by atoms with Crippen molar-refractivity contribution in [3.63, 3.8) is 0 Å². The number of unbranched alkanes of at least 4 members (excludes halogenated alkanes) is 7. The van der Waals surface area contributed by atoms with Gasteiger partial charge in [0.25, 0.3) is 5.91 Å². The molecule has 7 nitrogen and oxygen atoms in total. The lowest BCUT2D eigenvalue weighted by molar-refractivity contribution is -0.127. The van der Waals surface area contributed by atoms with E-state index in [-0.39, 0.29) is 11.9 Å². The minimum atomic E-state index is -0.455. The molecule has 0 bridgehead atoms. The topological polar surface area (TPSA) is 74.2 Å². The van der Waals surface area contributed by atoms with Crippen molar-refractivity contribution in [1.29, 1.82) is 0 Å². The van der Waals surface area contributed by atoms with Crippen LogP contribution in [-0.4, -0.2) is 72.2 Å². The van der Waals surface area contributed by atoms with Gasteiger partial charge in [-0.05, 0) is 6.42 Å². The third kappa shape index (κ3) is 6.10. The van der Waals surface area contributed by atoms with Crippen LogP contribution in [0.4, 0.5) is 4.79 Å². The van der Waals surface area contributed by atoms with Gasteiger partial charge in [0.15, 0.2) is 17.4 Å². The average Bonchev–Trinajstić information content (AvgIpc) is 3.02. The molecule has 3 amide bonds. The number of fused-ring (bicyclic) bond motifs is 1. The van der Waals surface area contributed by atoms with Gasteiger partial charge < -0.3 is 14.5 Å². The third-order valence-corrected chi connectivity index (χ3v) is 6.18. The number of urea groups is 1. The molecule has 0 spiro atoms. The first-order valence-corrected chi connectivity index (χ1v) is 11.1. The number of carbonyl (C=O) groups excluding carboxylic acids is 2. The second-order valence-corrected chi connectivity index (χ2v) is 8.25. The van der Waals surface area contributed by atoms with Gasteiger partial charge in [0.05, 0.1) is 6.61 Å². The fraction of sp³-hybridized carbons (Fsp3) is 0.842. The molecule has 1 N–H and O–H groups in total. The number of nitrogens with zero attached hydrogens (tertiary/aromatic N) is 3. The lowest BCUT2D eigenvalue weighted by atomic mass is 10.1. The number of hydrogen-bond acceptors (Lipinski definition) is 6. The summed E-state index contributed by atoms with van der Waals surface area (Å²) in [6.07, 6.45) is 9.88. The van der Waals surface area contributed by atoms with Crippen LogP contribution >= 0.6 is 11.8 Å². The summed E-state index contributed by atoms with van der Waals surface area (Å²) in [5.41, 5.74) is 0. The zero-order chi connectivity index (χ0) is 19.6. The number of likely N-dealkylation sites (N-methyl/N-ethyl adjacent to an activating group) is 1. The fourth-order valence-electron chi connectivity index (χ4n) is 3.44. The summed E-state index contributed by atoms with van der Waals surface area (Å²) < 4.78 is 5.19. The van der Waals surface area contributed by atoms with E-state index in [4.69, 9.17) is 4.74 Å². The van der Waals surface area contributed by atoms with E-state index in [1.807, 2.05) is 4.90 Å². The van der Waals surface area contributed by atoms with Crippen molar-refractivity contribution in [2.45, 2.75) is 70.5 Å². The second-order valence-electron chi connectivity index (χ2n) is 7.18. The molecule has 27 heavy (non-hydrogen) atoms. The molecule has 0 aromatic heterocycles. The van der Waals surface area contributed by atoms with E-state index >= 15 is 0 Å². The summed E-state index contributed by atoms with van der Waals surface area (Å²) in [6.45, 7) is 3.36. The number of methoxy groups -OCH3 is 1. The highest BCUT2D eigenvalue weighted by Gasteiger charge is 2.48. The lowest BCUT2D eigenvalue weighted by Crippen LogP contribution is -2.63. The molecule has 0 aromatic rings. The molecule has 0 radical (unpaired) electrons. The quantitative estimate of drug-likeness (QED) is 0.512. The molecule has 0 aromatic carbocycles. The Hall–Kier alpha value is -1.28. The molecule has 8 heteroatoms. The number of rotatable bonds is 12. The first-order chi connectivity index (χ1) is 13.1. The molecule has 154 valence electrons. The zero-order valence-corrected chi connectivity index (χ0v) is 17.7. The van der Waals surface area contributed by atoms with Crippen LogP contribution in [-0.2, 0) is 9.53 Å². The van der Waals surface area contributed by atoms with Crippen LogP contribution in [0.25, 0.3) is 0 Å². The van der Waals surface area contributed by atoms with Crippen molar-refractivity contribution < 1.29 is 14.3 Å². The van der Waals surface area contributed by atoms with Gasteiger partial charge in [-0.25, -0.2) is 9.79 Å². The Morgan fingerprint density at radius 1 is 1.11 bits per heavy atom. The molecular formula is C19H34N4O3S. The smallest absolute Gasteiger partial charge is 0.325 e. The summed E-state index contributed by atoms with van der Waals surface area (Å²) in [7, 11) is 3.33. The Morgan fingerprint density at radius 2 is 1.78 bits per heavy atom. The molecule has 2 rings (SSSR count). The Kier molecular flexibility index (Phi) is 9.41. The maximum absolute atomic E-state index is 12.4. The fourth-order valence-corrected chi connectivity index (χ4v) is 4.53. The van der Waals surface area contributed by atoms with Gasteiger partial charge in [0.2, 0.25) is 0 Å². The van der Waals surface area contributed by atoms with E-state index < -0.39 is 12.2 Å². The van der Waals surface area contributed by atoms with E-state index in [1.165, 1.54) is 49.8 Å². The number of carbonyl (C=O) groups is 2. The first-order valence-electron chi connectivity index (χ1n) is 10.1. The van der Waals surface area contributed by atoms with Crippen molar-refractivity contribution in [2.75, 3.05) is 33.1 Å². The predicted molar refractivity (Wildman–Crippen MR) is 110 cm³/mol. The van der Waals surface area contributed by atoms with Crippen molar-refractivity contribution >= 4 is 28.9 Å². The van der Waals surface area contributed by atoms with Crippen molar-refractivity contribution in [1.82, 2.24) is 15.1 Å². The van der Waals surface area contributed by atoms with E-state index in [0.717, 1.165) is 17.3 Å². The molecule has 1 fully saturated rings. The largest absolute Gasteiger partial charge is 0.383 e. The van der Waals surface area contributed by atoms with Gasteiger partial charge in [-0.2, -0.15) is 0 Å². The molecule has 0 saturated carbocycles. The van der Waals surface area contributed by atoms with Crippen LogP contribution in [0.5, 0.6) is 0 Å². The van der Waals surface area contributed by atoms with Crippen LogP contribution in [0, 0.1) is 0 Å². The number of amides is 3. The van der Waals surface area contributed by atoms with Gasteiger partial charge in [-0.1, -0.05) is 63.6 Å². The van der Waals surface area contributed by atoms with E-state index in [0.29, 0.717) is 13.2 Å². The molecule has 0 aliphatic carbocycles. The minimum Gasteiger partial charge on any atom is -0.383 e. The number of nitrogens with one attached hydrogen (secondary N) is 1. The number of hydrogen-bond donors (Lipinski definition) is 1. The summed E-state index contributed by atoms with van der Waals surface area (Å²) in [5, 5.41) is 3.26. The third-order valence-electron chi connectivity index (χ3n) is 5.09. The van der Waals surface area contributed by atoms with Crippen molar-refractivity contribution in [3.8, 4) is 0 Å². The normalized spacial score (nSPS) is 22.1. The number of aliphatic imine (C=N–C) groups is 1. The lowest BCUT2D eigenvalue weighted by Gasteiger charge is -2.36. The summed E-state index contributed by atoms with van der Waals surface area (Å²) in [4.78, 5) is 32.4. The highest BCUT2D eigenvalue weighted by molar-refractivity contribution is 8.13. The summed E-state index contributed by atoms with van der Waals surface area (Å²) in [6, 6.07) is -0.838. The summed E-state index contributed by atoms with van der Waals surface area (Å²) >= 11 is 1.69. The van der Waals surface area contributed by atoms with Crippen molar-refractivity contribution in [3.05, 3.63) is 0 Å². The van der Waals surface area contributed by atoms with Crippen molar-refractivity contribution in [2.24, 2.45) is 4.99 Å². The monoisotopic (exact) mass is 398 g/mol. The van der Waals surface area contributed by atoms with Gasteiger partial charge >= 0.3 is 6.03 Å². The molecule has 2 unspecified atom stereocenters. The average molecular weight is 399 g/mol. The highest BCUT2D eigenvalue weighted by Crippen LogP contribution is 2.28. The summed E-state index contributed by atoms with van der Waals surface area (Å²) in [5.74, 6) is 0.710. The number of imide groups is 1. The van der Waals surface area contributed by atoms with Crippen LogP contribution in [0.1, 0.15) is 58.3 Å². The van der Waals surface area contributed by atoms with E-state index in [9.17, 15) is 9.59 Å². The Bertz CT molecular complexity index is 529. The van der Waals surface area contributed by atoms with E-state index in [1.54, 1.807) is 25.9 Å². The van der Waals surface area contributed by atoms with Gasteiger partial charge in [0, 0.05) is 26.5 Å². The second kappa shape index (κ2) is 11.5. The standard InChI is InChI=1S/C19H34N4O3S/c1-4-5-6-7-8-9-10-11-14-27-19-20-16-15(23(19)12-13-26-3)17(24)21-18(25)22(16)2/h15-16H,4-14H2,1-3H3,(H,21,24,25). The maximum atomic E-state index is 12.4. The van der Waals surface area contributed by atoms with Crippen LogP contribution in [0.15, 0.2) is 4.99 Å². The molecular weight excluding hydrogens is 364 g/mol. The Balaban J connectivity index is 1.80. The SMILES string of the molecule is CCCCCCCCCCSC1=NC2C(C(=O)NC(=O)N2C)N1CCOC. The number of ether oxygens (including phenoxy) is 1. The van der Waals surface area contributed by atoms with Gasteiger partial charge in [-0.3, -0.25) is 10.1 Å². The maximum Gasteiger partial charge on any atom is 0.325 e. The molecule has 2 atom stereocenters. The molecule has 2 aliphatic heterocycles. The predicted octanol–water partition coefficient (Wildman–Crippen LogP) is 3.05. The number of amidine groups is 1.